The molecule has 6 heteroatoms. The van der Waals surface area contributed by atoms with Gasteiger partial charge in [-0.2, -0.15) is 10.2 Å². The molecule has 0 aliphatic heterocycles. The van der Waals surface area contributed by atoms with Gasteiger partial charge in [0.2, 0.25) is 0 Å². The van der Waals surface area contributed by atoms with E-state index < -0.39 is 11.4 Å². The van der Waals surface area contributed by atoms with Crippen LogP contribution >= 0.6 is 0 Å². The smallest absolute Gasteiger partial charge is 0.311 e. The van der Waals surface area contributed by atoms with Crippen LogP contribution in [0, 0.1) is 19.3 Å². The third-order valence-electron chi connectivity index (χ3n) is 3.28. The Kier molecular flexibility index (Phi) is 4.58. The number of aliphatic carboxylic acids is 1. The molecular weight excluding hydrogens is 246 g/mol. The first-order chi connectivity index (χ1) is 8.80. The summed E-state index contributed by atoms with van der Waals surface area (Å²) in [6, 6.07) is 1.64. The first-order valence-electron chi connectivity index (χ1n) is 6.12. The van der Waals surface area contributed by atoms with Crippen molar-refractivity contribution >= 4 is 11.9 Å². The van der Waals surface area contributed by atoms with Gasteiger partial charge in [-0.25, -0.2) is 0 Å². The van der Waals surface area contributed by atoms with Crippen molar-refractivity contribution in [1.82, 2.24) is 15.5 Å². The molecule has 104 valence electrons. The summed E-state index contributed by atoms with van der Waals surface area (Å²) in [5.74, 6) is -1.24. The number of carboxylic acids is 1. The van der Waals surface area contributed by atoms with Gasteiger partial charge in [-0.1, -0.05) is 6.92 Å². The molecule has 1 rings (SSSR count). The first-order valence-corrected chi connectivity index (χ1v) is 6.12. The molecule has 19 heavy (non-hydrogen) atoms. The van der Waals surface area contributed by atoms with Gasteiger partial charge in [0.15, 0.2) is 0 Å². The standard InChI is InChI=1S/C13H19N3O3/c1-5-13(4,12(18)19)7-14-11(17)10-6-8(2)15-16-9(10)3/h6H,5,7H2,1-4H3,(H,14,17)(H,18,19). The van der Waals surface area contributed by atoms with E-state index in [9.17, 15) is 9.59 Å². The molecule has 1 heterocycles. The first kappa shape index (κ1) is 15.1. The van der Waals surface area contributed by atoms with Crippen LogP contribution in [0.2, 0.25) is 0 Å². The van der Waals surface area contributed by atoms with E-state index in [2.05, 4.69) is 15.5 Å². The zero-order chi connectivity index (χ0) is 14.6. The highest BCUT2D eigenvalue weighted by Crippen LogP contribution is 2.20. The van der Waals surface area contributed by atoms with Crippen molar-refractivity contribution in [3.63, 3.8) is 0 Å². The van der Waals surface area contributed by atoms with Crippen molar-refractivity contribution in [2.24, 2.45) is 5.41 Å². The average molecular weight is 265 g/mol. The van der Waals surface area contributed by atoms with E-state index >= 15 is 0 Å². The fraction of sp³-hybridized carbons (Fsp3) is 0.538. The number of nitrogens with zero attached hydrogens (tertiary/aromatic N) is 2. The largest absolute Gasteiger partial charge is 0.481 e. The number of nitrogens with one attached hydrogen (secondary N) is 1. The van der Waals surface area contributed by atoms with Gasteiger partial charge in [-0.05, 0) is 33.3 Å². The van der Waals surface area contributed by atoms with Gasteiger partial charge in [-0.3, -0.25) is 9.59 Å². The van der Waals surface area contributed by atoms with Crippen LogP contribution in [0.25, 0.3) is 0 Å². The van der Waals surface area contributed by atoms with Crippen LogP contribution in [0.15, 0.2) is 6.07 Å². The minimum absolute atomic E-state index is 0.0818. The lowest BCUT2D eigenvalue weighted by Crippen LogP contribution is -2.40. The second-order valence-corrected chi connectivity index (χ2v) is 4.89. The van der Waals surface area contributed by atoms with Crippen LogP contribution in [0.5, 0.6) is 0 Å². The molecule has 0 saturated carbocycles. The van der Waals surface area contributed by atoms with E-state index in [1.54, 1.807) is 33.8 Å². The van der Waals surface area contributed by atoms with Gasteiger partial charge in [0.25, 0.3) is 5.91 Å². The number of rotatable bonds is 5. The lowest BCUT2D eigenvalue weighted by Gasteiger charge is -2.23. The lowest BCUT2D eigenvalue weighted by atomic mass is 9.87. The van der Waals surface area contributed by atoms with Gasteiger partial charge < -0.3 is 10.4 Å². The van der Waals surface area contributed by atoms with E-state index in [0.29, 0.717) is 23.4 Å². The summed E-state index contributed by atoms with van der Waals surface area (Å²) in [6.07, 6.45) is 0.440. The quantitative estimate of drug-likeness (QED) is 0.837. The molecule has 0 aromatic carbocycles. The van der Waals surface area contributed by atoms with Gasteiger partial charge in [-0.15, -0.1) is 0 Å². The number of carbonyl (C=O) groups is 2. The van der Waals surface area contributed by atoms with Crippen molar-refractivity contribution in [2.45, 2.75) is 34.1 Å². The van der Waals surface area contributed by atoms with E-state index in [1.807, 2.05) is 0 Å². The molecule has 0 bridgehead atoms. The molecule has 1 amide bonds. The molecule has 6 nitrogen and oxygen atoms in total. The monoisotopic (exact) mass is 265 g/mol. The topological polar surface area (TPSA) is 92.2 Å². The van der Waals surface area contributed by atoms with Gasteiger partial charge in [0, 0.05) is 6.54 Å². The Morgan fingerprint density at radius 2 is 2.00 bits per heavy atom. The van der Waals surface area contributed by atoms with Crippen molar-refractivity contribution in [3.8, 4) is 0 Å². The van der Waals surface area contributed by atoms with E-state index in [4.69, 9.17) is 5.11 Å². The molecule has 1 unspecified atom stereocenters. The molecule has 0 fully saturated rings. The number of aryl methyl sites for hydroxylation is 2. The highest BCUT2D eigenvalue weighted by molar-refractivity contribution is 5.95. The summed E-state index contributed by atoms with van der Waals surface area (Å²) in [5, 5.41) is 19.5. The van der Waals surface area contributed by atoms with Crippen molar-refractivity contribution in [2.75, 3.05) is 6.54 Å². The molecule has 0 saturated heterocycles. The van der Waals surface area contributed by atoms with Gasteiger partial charge in [0.1, 0.15) is 0 Å². The maximum Gasteiger partial charge on any atom is 0.311 e. The Bertz CT molecular complexity index is 502. The van der Waals surface area contributed by atoms with E-state index in [1.165, 1.54) is 0 Å². The maximum atomic E-state index is 12.0. The normalized spacial score (nSPS) is 13.7. The molecular formula is C13H19N3O3. The molecule has 1 aromatic heterocycles. The Labute approximate surface area is 112 Å². The third-order valence-corrected chi connectivity index (χ3v) is 3.28. The minimum atomic E-state index is -0.959. The molecule has 0 radical (unpaired) electrons. The summed E-state index contributed by atoms with van der Waals surface area (Å²) >= 11 is 0. The van der Waals surface area contributed by atoms with Crippen molar-refractivity contribution in [1.29, 1.82) is 0 Å². The molecule has 0 aliphatic carbocycles. The molecule has 0 spiro atoms. The van der Waals surface area contributed by atoms with Crippen LogP contribution in [-0.2, 0) is 4.79 Å². The number of aromatic nitrogens is 2. The predicted octanol–water partition coefficient (Wildman–Crippen LogP) is 1.32. The van der Waals surface area contributed by atoms with Crippen molar-refractivity contribution < 1.29 is 14.7 Å². The van der Waals surface area contributed by atoms with Crippen LogP contribution in [0.4, 0.5) is 0 Å². The molecule has 0 aliphatic rings. The number of carbonyl (C=O) groups excluding carboxylic acids is 1. The third kappa shape index (κ3) is 3.49. The summed E-state index contributed by atoms with van der Waals surface area (Å²) in [7, 11) is 0. The maximum absolute atomic E-state index is 12.0. The fourth-order valence-electron chi connectivity index (χ4n) is 1.50. The lowest BCUT2D eigenvalue weighted by molar-refractivity contribution is -0.147. The Hall–Kier alpha value is -1.98. The van der Waals surface area contributed by atoms with Crippen LogP contribution in [0.1, 0.15) is 42.0 Å². The molecule has 2 N–H and O–H groups in total. The van der Waals surface area contributed by atoms with E-state index in [0.717, 1.165) is 0 Å². The number of hydrogen-bond donors (Lipinski definition) is 2. The SMILES string of the molecule is CCC(C)(CNC(=O)c1cc(C)nnc1C)C(=O)O. The van der Waals surface area contributed by atoms with Crippen LogP contribution in [-0.4, -0.2) is 33.7 Å². The summed E-state index contributed by atoms with van der Waals surface area (Å²) < 4.78 is 0. The highest BCUT2D eigenvalue weighted by atomic mass is 16.4. The minimum Gasteiger partial charge on any atom is -0.481 e. The van der Waals surface area contributed by atoms with Gasteiger partial charge in [0.05, 0.1) is 22.4 Å². The number of hydrogen-bond acceptors (Lipinski definition) is 4. The number of carboxylic acid groups (broad SMARTS) is 1. The second-order valence-electron chi connectivity index (χ2n) is 4.89. The number of amides is 1. The highest BCUT2D eigenvalue weighted by Gasteiger charge is 2.31. The zero-order valence-electron chi connectivity index (χ0n) is 11.6. The van der Waals surface area contributed by atoms with Crippen LogP contribution in [0.3, 0.4) is 0 Å². The summed E-state index contributed by atoms with van der Waals surface area (Å²) in [5.41, 5.74) is 0.638. The summed E-state index contributed by atoms with van der Waals surface area (Å²) in [6.45, 7) is 6.91. The molecule has 1 aromatic rings. The Morgan fingerprint density at radius 3 is 2.53 bits per heavy atom. The summed E-state index contributed by atoms with van der Waals surface area (Å²) in [4.78, 5) is 23.2. The van der Waals surface area contributed by atoms with Gasteiger partial charge >= 0.3 is 5.97 Å². The average Bonchev–Trinajstić information content (AvgIpc) is 2.38. The second kappa shape index (κ2) is 5.77. The fourth-order valence-corrected chi connectivity index (χ4v) is 1.50. The Balaban J connectivity index is 2.81. The van der Waals surface area contributed by atoms with Crippen LogP contribution < -0.4 is 5.32 Å². The predicted molar refractivity (Wildman–Crippen MR) is 69.9 cm³/mol. The zero-order valence-corrected chi connectivity index (χ0v) is 11.6. The molecule has 1 atom stereocenters. The van der Waals surface area contributed by atoms with E-state index in [-0.39, 0.29) is 12.5 Å². The Morgan fingerprint density at radius 1 is 1.37 bits per heavy atom. The van der Waals surface area contributed by atoms with Crippen molar-refractivity contribution in [3.05, 3.63) is 23.0 Å².